The Morgan fingerprint density at radius 3 is 2.69 bits per heavy atom. The van der Waals surface area contributed by atoms with Crippen LogP contribution in [0.25, 0.3) is 0 Å². The van der Waals surface area contributed by atoms with Gasteiger partial charge in [0.25, 0.3) is 0 Å². The van der Waals surface area contributed by atoms with Crippen molar-refractivity contribution in [2.45, 2.75) is 25.6 Å². The topological polar surface area (TPSA) is 38.0 Å². The molecule has 0 saturated carbocycles. The van der Waals surface area contributed by atoms with E-state index in [1.807, 2.05) is 60.5 Å². The third-order valence-corrected chi connectivity index (χ3v) is 5.10. The van der Waals surface area contributed by atoms with Crippen LogP contribution in [0.15, 0.2) is 70.2 Å². The lowest BCUT2D eigenvalue weighted by Gasteiger charge is -2.38. The highest BCUT2D eigenvalue weighted by Gasteiger charge is 2.41. The molecule has 2 unspecified atom stereocenters. The van der Waals surface area contributed by atoms with Gasteiger partial charge < -0.3 is 9.15 Å². The lowest BCUT2D eigenvalue weighted by molar-refractivity contribution is -0.0190. The van der Waals surface area contributed by atoms with Crippen LogP contribution in [0.5, 0.6) is 5.75 Å². The monoisotopic (exact) mass is 364 g/mol. The van der Waals surface area contributed by atoms with Crippen molar-refractivity contribution in [3.63, 3.8) is 0 Å². The van der Waals surface area contributed by atoms with Gasteiger partial charge in [-0.1, -0.05) is 41.9 Å². The van der Waals surface area contributed by atoms with E-state index in [9.17, 15) is 0 Å². The summed E-state index contributed by atoms with van der Waals surface area (Å²) >= 11 is 6.25. The minimum Gasteiger partial charge on any atom is -0.464 e. The first-order valence-electron chi connectivity index (χ1n) is 8.63. The molecule has 0 saturated heterocycles. The third kappa shape index (κ3) is 2.49. The molecule has 0 aliphatic carbocycles. The molecule has 3 heterocycles. The van der Waals surface area contributed by atoms with Crippen molar-refractivity contribution in [1.82, 2.24) is 5.01 Å². The van der Waals surface area contributed by atoms with Gasteiger partial charge in [0.1, 0.15) is 23.0 Å². The predicted molar refractivity (Wildman–Crippen MR) is 100 cm³/mol. The number of ether oxygens (including phenoxy) is 1. The lowest BCUT2D eigenvalue weighted by atomic mass is 9.97. The Hall–Kier alpha value is -2.72. The zero-order valence-corrected chi connectivity index (χ0v) is 15.0. The fourth-order valence-corrected chi connectivity index (χ4v) is 3.81. The number of benzene rings is 2. The molecule has 0 spiro atoms. The fourth-order valence-electron chi connectivity index (χ4n) is 3.63. The van der Waals surface area contributed by atoms with Crippen molar-refractivity contribution in [3.05, 3.63) is 88.3 Å². The van der Waals surface area contributed by atoms with Crippen LogP contribution in [0.4, 0.5) is 0 Å². The highest BCUT2D eigenvalue weighted by atomic mass is 35.5. The molecule has 2 aromatic carbocycles. The molecule has 2 atom stereocenters. The number of aryl methyl sites for hydroxylation is 1. The number of rotatable bonds is 2. The number of fused-ring (bicyclic) bond motifs is 3. The van der Waals surface area contributed by atoms with Gasteiger partial charge in [0.05, 0.1) is 6.04 Å². The Balaban J connectivity index is 1.61. The maximum absolute atomic E-state index is 6.31. The lowest BCUT2D eigenvalue weighted by Crippen LogP contribution is -2.33. The van der Waals surface area contributed by atoms with Crippen molar-refractivity contribution < 1.29 is 9.15 Å². The van der Waals surface area contributed by atoms with E-state index in [1.54, 1.807) is 0 Å². The fraction of sp³-hybridized carbons (Fsp3) is 0.190. The van der Waals surface area contributed by atoms with E-state index in [0.717, 1.165) is 40.5 Å². The normalized spacial score (nSPS) is 21.0. The summed E-state index contributed by atoms with van der Waals surface area (Å²) in [4.78, 5) is 0. The van der Waals surface area contributed by atoms with Gasteiger partial charge in [0, 0.05) is 22.6 Å². The molecule has 1 aromatic heterocycles. The van der Waals surface area contributed by atoms with Gasteiger partial charge in [-0.2, -0.15) is 5.10 Å². The van der Waals surface area contributed by atoms with Crippen LogP contribution >= 0.6 is 11.6 Å². The molecule has 0 N–H and O–H groups in total. The average molecular weight is 365 g/mol. The van der Waals surface area contributed by atoms with E-state index >= 15 is 0 Å². The van der Waals surface area contributed by atoms with Crippen LogP contribution < -0.4 is 4.74 Å². The molecular formula is C21H17ClN2O2. The van der Waals surface area contributed by atoms with Gasteiger partial charge in [-0.15, -0.1) is 0 Å². The van der Waals surface area contributed by atoms with E-state index in [4.69, 9.17) is 25.9 Å². The molecule has 3 aromatic rings. The van der Waals surface area contributed by atoms with Crippen LogP contribution in [-0.4, -0.2) is 10.7 Å². The van der Waals surface area contributed by atoms with Crippen LogP contribution in [0.3, 0.4) is 0 Å². The number of nitrogens with zero attached hydrogens (tertiary/aromatic N) is 2. The van der Waals surface area contributed by atoms with Crippen molar-refractivity contribution in [1.29, 1.82) is 0 Å². The second kappa shape index (κ2) is 5.92. The van der Waals surface area contributed by atoms with Gasteiger partial charge >= 0.3 is 0 Å². The number of hydrogen-bond donors (Lipinski definition) is 0. The summed E-state index contributed by atoms with van der Waals surface area (Å²) in [5, 5.41) is 7.60. The highest BCUT2D eigenvalue weighted by Crippen LogP contribution is 2.48. The van der Waals surface area contributed by atoms with E-state index in [2.05, 4.69) is 12.1 Å². The number of hydrazone groups is 1. The second-order valence-corrected chi connectivity index (χ2v) is 7.06. The maximum atomic E-state index is 6.31. The van der Waals surface area contributed by atoms with Gasteiger partial charge in [-0.3, -0.25) is 0 Å². The molecule has 130 valence electrons. The van der Waals surface area contributed by atoms with Crippen molar-refractivity contribution in [2.24, 2.45) is 5.10 Å². The molecule has 0 bridgehead atoms. The molecule has 4 nitrogen and oxygen atoms in total. The predicted octanol–water partition coefficient (Wildman–Crippen LogP) is 5.48. The van der Waals surface area contributed by atoms with Crippen LogP contribution in [0.1, 0.15) is 41.3 Å². The van der Waals surface area contributed by atoms with Crippen molar-refractivity contribution >= 4 is 17.3 Å². The zero-order valence-electron chi connectivity index (χ0n) is 14.2. The number of furan rings is 1. The van der Waals surface area contributed by atoms with E-state index in [1.165, 1.54) is 0 Å². The van der Waals surface area contributed by atoms with E-state index in [-0.39, 0.29) is 12.3 Å². The zero-order chi connectivity index (χ0) is 17.7. The van der Waals surface area contributed by atoms with Gasteiger partial charge in [0.2, 0.25) is 6.23 Å². The second-order valence-electron chi connectivity index (χ2n) is 6.62. The summed E-state index contributed by atoms with van der Waals surface area (Å²) in [7, 11) is 0. The minimum atomic E-state index is -0.275. The van der Waals surface area contributed by atoms with Gasteiger partial charge in [0.15, 0.2) is 0 Å². The number of hydrogen-bond acceptors (Lipinski definition) is 4. The van der Waals surface area contributed by atoms with Crippen molar-refractivity contribution in [3.8, 4) is 5.75 Å². The van der Waals surface area contributed by atoms with Crippen LogP contribution in [0, 0.1) is 6.92 Å². The molecule has 0 amide bonds. The first-order valence-corrected chi connectivity index (χ1v) is 9.00. The Kier molecular flexibility index (Phi) is 3.54. The smallest absolute Gasteiger partial charge is 0.213 e. The van der Waals surface area contributed by atoms with Gasteiger partial charge in [-0.25, -0.2) is 5.01 Å². The maximum Gasteiger partial charge on any atom is 0.213 e. The van der Waals surface area contributed by atoms with Gasteiger partial charge in [-0.05, 0) is 37.3 Å². The molecule has 26 heavy (non-hydrogen) atoms. The van der Waals surface area contributed by atoms with Crippen LogP contribution in [-0.2, 0) is 0 Å². The summed E-state index contributed by atoms with van der Waals surface area (Å²) in [5.41, 5.74) is 3.06. The first-order chi connectivity index (χ1) is 12.7. The molecule has 5 heteroatoms. The molecule has 0 radical (unpaired) electrons. The summed E-state index contributed by atoms with van der Waals surface area (Å²) in [6, 6.07) is 20.0. The Bertz CT molecular complexity index is 996. The number of halogens is 1. The largest absolute Gasteiger partial charge is 0.464 e. The summed E-state index contributed by atoms with van der Waals surface area (Å²) < 4.78 is 12.1. The van der Waals surface area contributed by atoms with E-state index in [0.29, 0.717) is 5.02 Å². The summed E-state index contributed by atoms with van der Waals surface area (Å²) in [5.74, 6) is 2.55. The quantitative estimate of drug-likeness (QED) is 0.604. The molecule has 2 aliphatic rings. The van der Waals surface area contributed by atoms with Crippen LogP contribution in [0.2, 0.25) is 5.02 Å². The molecule has 0 fully saturated rings. The highest BCUT2D eigenvalue weighted by molar-refractivity contribution is 6.30. The third-order valence-electron chi connectivity index (χ3n) is 4.86. The Morgan fingerprint density at radius 1 is 1.08 bits per heavy atom. The minimum absolute atomic E-state index is 0.0723. The molecule has 2 aliphatic heterocycles. The molecule has 5 rings (SSSR count). The first kappa shape index (κ1) is 15.5. The molecular weight excluding hydrogens is 348 g/mol. The summed E-state index contributed by atoms with van der Waals surface area (Å²) in [6.45, 7) is 1.94. The average Bonchev–Trinajstić information content (AvgIpc) is 3.28. The van der Waals surface area contributed by atoms with Crippen molar-refractivity contribution in [2.75, 3.05) is 0 Å². The van der Waals surface area contributed by atoms with E-state index < -0.39 is 0 Å². The SMILES string of the molecule is Cc1ccc(C2=NN3C(C2)c2cc(Cl)ccc2OC3c2ccccc2)o1. The standard InChI is InChI=1S/C21H17ClN2O2/c1-13-7-9-20(25-13)17-12-18-16-11-15(22)8-10-19(16)26-21(24(18)23-17)14-5-3-2-4-6-14/h2-11,18,21H,12H2,1H3. The Labute approximate surface area is 156 Å². The summed E-state index contributed by atoms with van der Waals surface area (Å²) in [6.07, 6.45) is 0.482. The Morgan fingerprint density at radius 2 is 1.92 bits per heavy atom.